The van der Waals surface area contributed by atoms with Crippen LogP contribution in [0.5, 0.6) is 0 Å². The first-order valence-corrected chi connectivity index (χ1v) is 10.6. The van der Waals surface area contributed by atoms with Gasteiger partial charge in [-0.1, -0.05) is 25.0 Å². The second-order valence-electron chi connectivity index (χ2n) is 7.35. The van der Waals surface area contributed by atoms with Gasteiger partial charge in [-0.25, -0.2) is 8.42 Å². The smallest absolute Gasteiger partial charge is 0.306 e. The fraction of sp³-hybridized carbons (Fsp3) is 0.350. The van der Waals surface area contributed by atoms with Crippen molar-refractivity contribution in [3.63, 3.8) is 0 Å². The van der Waals surface area contributed by atoms with E-state index in [1.807, 2.05) is 0 Å². The summed E-state index contributed by atoms with van der Waals surface area (Å²) in [5, 5.41) is 13.4. The number of hydrogen-bond donors (Lipinski definition) is 1. The predicted molar refractivity (Wildman–Crippen MR) is 106 cm³/mol. The lowest BCUT2D eigenvalue weighted by Gasteiger charge is -2.28. The molecule has 0 radical (unpaired) electrons. The summed E-state index contributed by atoms with van der Waals surface area (Å²) >= 11 is 0. The highest BCUT2D eigenvalue weighted by Crippen LogP contribution is 2.42. The van der Waals surface area contributed by atoms with Gasteiger partial charge in [-0.05, 0) is 56.0 Å². The molecule has 0 saturated heterocycles. The van der Waals surface area contributed by atoms with Gasteiger partial charge in [0.25, 0.3) is 0 Å². The van der Waals surface area contributed by atoms with Crippen LogP contribution >= 0.6 is 0 Å². The molecule has 29 heavy (non-hydrogen) atoms. The quantitative estimate of drug-likeness (QED) is 0.579. The zero-order chi connectivity index (χ0) is 21.4. The molecular weight excluding hydrogens is 399 g/mol. The van der Waals surface area contributed by atoms with E-state index in [0.29, 0.717) is 18.4 Å². The minimum atomic E-state index is -4.03. The van der Waals surface area contributed by atoms with E-state index >= 15 is 0 Å². The van der Waals surface area contributed by atoms with Crippen molar-refractivity contribution in [2.45, 2.75) is 49.2 Å². The highest BCUT2D eigenvalue weighted by Gasteiger charge is 2.53. The SMILES string of the molecule is Cc1ccc(C)c(S(=O)(=O)C2(C(=O)Nc3ccc(F)c([N+](=O)[O-])c3)CCCC2)c1. The Morgan fingerprint density at radius 1 is 1.14 bits per heavy atom. The molecule has 1 N–H and O–H groups in total. The number of benzene rings is 2. The van der Waals surface area contributed by atoms with Crippen molar-refractivity contribution >= 4 is 27.1 Å². The van der Waals surface area contributed by atoms with Crippen LogP contribution in [0.3, 0.4) is 0 Å². The van der Waals surface area contributed by atoms with Crippen LogP contribution in [0.25, 0.3) is 0 Å². The van der Waals surface area contributed by atoms with Gasteiger partial charge < -0.3 is 5.32 Å². The Bertz CT molecular complexity index is 1090. The molecule has 2 aromatic carbocycles. The zero-order valence-corrected chi connectivity index (χ0v) is 16.9. The lowest BCUT2D eigenvalue weighted by molar-refractivity contribution is -0.387. The fourth-order valence-electron chi connectivity index (χ4n) is 3.75. The van der Waals surface area contributed by atoms with Crippen LogP contribution < -0.4 is 5.32 Å². The number of carbonyl (C=O) groups is 1. The molecule has 1 fully saturated rings. The fourth-order valence-corrected chi connectivity index (χ4v) is 6.12. The minimum Gasteiger partial charge on any atom is -0.324 e. The highest BCUT2D eigenvalue weighted by atomic mass is 32.2. The van der Waals surface area contributed by atoms with Crippen LogP contribution in [0.4, 0.5) is 15.8 Å². The number of amides is 1. The van der Waals surface area contributed by atoms with Crippen LogP contribution in [-0.2, 0) is 14.6 Å². The largest absolute Gasteiger partial charge is 0.324 e. The van der Waals surface area contributed by atoms with E-state index in [9.17, 15) is 27.7 Å². The summed E-state index contributed by atoms with van der Waals surface area (Å²) in [6.07, 6.45) is 1.44. The van der Waals surface area contributed by atoms with Gasteiger partial charge in [0, 0.05) is 11.8 Å². The Balaban J connectivity index is 2.03. The summed E-state index contributed by atoms with van der Waals surface area (Å²) in [6.45, 7) is 3.45. The zero-order valence-electron chi connectivity index (χ0n) is 16.1. The number of hydrogen-bond acceptors (Lipinski definition) is 5. The van der Waals surface area contributed by atoms with Crippen molar-refractivity contribution < 1.29 is 22.5 Å². The monoisotopic (exact) mass is 420 g/mol. The molecule has 3 rings (SSSR count). The first kappa shape index (κ1) is 20.9. The Morgan fingerprint density at radius 3 is 2.41 bits per heavy atom. The van der Waals surface area contributed by atoms with Gasteiger partial charge in [-0.3, -0.25) is 14.9 Å². The number of anilines is 1. The second kappa shape index (κ2) is 7.55. The maximum atomic E-state index is 13.6. The molecule has 0 aromatic heterocycles. The molecule has 1 aliphatic rings. The molecule has 7 nitrogen and oxygen atoms in total. The van der Waals surface area contributed by atoms with Crippen molar-refractivity contribution in [2.75, 3.05) is 5.32 Å². The molecule has 0 spiro atoms. The van der Waals surface area contributed by atoms with E-state index in [0.717, 1.165) is 17.7 Å². The van der Waals surface area contributed by atoms with Crippen LogP contribution in [0.15, 0.2) is 41.3 Å². The van der Waals surface area contributed by atoms with Gasteiger partial charge in [0.05, 0.1) is 9.82 Å². The first-order valence-electron chi connectivity index (χ1n) is 9.16. The molecule has 0 aliphatic heterocycles. The van der Waals surface area contributed by atoms with E-state index in [1.54, 1.807) is 32.0 Å². The average Bonchev–Trinajstić information content (AvgIpc) is 3.17. The number of nitrogens with one attached hydrogen (secondary N) is 1. The van der Waals surface area contributed by atoms with Gasteiger partial charge in [0.1, 0.15) is 0 Å². The molecule has 9 heteroatoms. The van der Waals surface area contributed by atoms with Crippen molar-refractivity contribution in [1.29, 1.82) is 0 Å². The normalized spacial score (nSPS) is 15.8. The van der Waals surface area contributed by atoms with E-state index in [2.05, 4.69) is 5.32 Å². The number of sulfone groups is 1. The molecular formula is C20H21FN2O5S. The minimum absolute atomic E-state index is 0.0226. The molecule has 1 aliphatic carbocycles. The maximum Gasteiger partial charge on any atom is 0.306 e. The Hall–Kier alpha value is -2.81. The molecule has 0 atom stereocenters. The lowest BCUT2D eigenvalue weighted by atomic mass is 10.1. The number of halogens is 1. The van der Waals surface area contributed by atoms with E-state index in [4.69, 9.17) is 0 Å². The Morgan fingerprint density at radius 2 is 1.79 bits per heavy atom. The van der Waals surface area contributed by atoms with Crippen molar-refractivity contribution in [3.05, 3.63) is 63.5 Å². The summed E-state index contributed by atoms with van der Waals surface area (Å²) in [5.74, 6) is -1.79. The first-order chi connectivity index (χ1) is 13.6. The summed E-state index contributed by atoms with van der Waals surface area (Å²) in [7, 11) is -4.03. The summed E-state index contributed by atoms with van der Waals surface area (Å²) in [4.78, 5) is 23.3. The molecule has 1 amide bonds. The van der Waals surface area contributed by atoms with Crippen LogP contribution in [0, 0.1) is 29.8 Å². The Kier molecular flexibility index (Phi) is 5.44. The standard InChI is InChI=1S/C20H21FN2O5S/c1-13-5-6-14(2)18(11-13)29(27,28)20(9-3-4-10-20)19(24)22-15-7-8-16(21)17(12-15)23(25)26/h5-8,11-12H,3-4,9-10H2,1-2H3,(H,22,24). The third kappa shape index (κ3) is 3.62. The van der Waals surface area contributed by atoms with Gasteiger partial charge in [-0.2, -0.15) is 4.39 Å². The number of nitro benzene ring substituents is 1. The summed E-state index contributed by atoms with van der Waals surface area (Å²) in [6, 6.07) is 7.99. The summed E-state index contributed by atoms with van der Waals surface area (Å²) < 4.78 is 39.0. The average molecular weight is 420 g/mol. The third-order valence-electron chi connectivity index (χ3n) is 5.37. The van der Waals surface area contributed by atoms with Crippen LogP contribution in [0.2, 0.25) is 0 Å². The van der Waals surface area contributed by atoms with Gasteiger partial charge in [-0.15, -0.1) is 0 Å². The van der Waals surface area contributed by atoms with Gasteiger partial charge in [0.15, 0.2) is 14.6 Å². The molecule has 0 bridgehead atoms. The maximum absolute atomic E-state index is 13.6. The topological polar surface area (TPSA) is 106 Å². The van der Waals surface area contributed by atoms with E-state index in [-0.39, 0.29) is 23.4 Å². The molecule has 0 heterocycles. The van der Waals surface area contributed by atoms with E-state index < -0.39 is 36.9 Å². The Labute approximate surface area is 168 Å². The molecule has 1 saturated carbocycles. The third-order valence-corrected chi connectivity index (χ3v) is 8.01. The van der Waals surface area contributed by atoms with E-state index in [1.165, 1.54) is 6.07 Å². The number of aryl methyl sites for hydroxylation is 2. The van der Waals surface area contributed by atoms with Crippen molar-refractivity contribution in [3.8, 4) is 0 Å². The number of nitrogens with zero attached hydrogens (tertiary/aromatic N) is 1. The molecule has 2 aromatic rings. The predicted octanol–water partition coefficient (Wildman–Crippen LogP) is 4.08. The van der Waals surface area contributed by atoms with Crippen LogP contribution in [0.1, 0.15) is 36.8 Å². The van der Waals surface area contributed by atoms with Gasteiger partial charge in [0.2, 0.25) is 11.7 Å². The van der Waals surface area contributed by atoms with Gasteiger partial charge >= 0.3 is 5.69 Å². The highest BCUT2D eigenvalue weighted by molar-refractivity contribution is 7.93. The number of nitro groups is 1. The lowest BCUT2D eigenvalue weighted by Crippen LogP contribution is -2.47. The number of carbonyl (C=O) groups excluding carboxylic acids is 1. The number of rotatable bonds is 5. The molecule has 154 valence electrons. The molecule has 0 unspecified atom stereocenters. The second-order valence-corrected chi connectivity index (χ2v) is 9.58. The summed E-state index contributed by atoms with van der Waals surface area (Å²) in [5.41, 5.74) is 0.496. The van der Waals surface area contributed by atoms with Crippen molar-refractivity contribution in [1.82, 2.24) is 0 Å². The van der Waals surface area contributed by atoms with Crippen molar-refractivity contribution in [2.24, 2.45) is 0 Å². The van der Waals surface area contributed by atoms with Crippen LogP contribution in [-0.4, -0.2) is 24.0 Å².